The summed E-state index contributed by atoms with van der Waals surface area (Å²) in [6.07, 6.45) is -0.530. The van der Waals surface area contributed by atoms with Gasteiger partial charge in [0.2, 0.25) is 17.5 Å². The number of rotatable bonds is 6. The molecule has 0 spiro atoms. The molecule has 0 heterocycles. The highest BCUT2D eigenvalue weighted by molar-refractivity contribution is 6.40. The summed E-state index contributed by atoms with van der Waals surface area (Å²) in [6.45, 7) is 0. The van der Waals surface area contributed by atoms with Gasteiger partial charge in [0.05, 0.1) is 0 Å². The Bertz CT molecular complexity index is 2400. The van der Waals surface area contributed by atoms with Crippen LogP contribution in [0.2, 0.25) is 0 Å². The normalized spacial score (nSPS) is 12.0. The molecule has 6 aromatic carbocycles. The van der Waals surface area contributed by atoms with E-state index in [4.69, 9.17) is 14.0 Å². The number of benzene rings is 6. The highest BCUT2D eigenvalue weighted by Crippen LogP contribution is 2.47. The Morgan fingerprint density at radius 2 is 1.04 bits per heavy atom. The van der Waals surface area contributed by atoms with Gasteiger partial charge in [0, 0.05) is 39.3 Å². The Balaban J connectivity index is 1.43. The van der Waals surface area contributed by atoms with E-state index in [1.54, 1.807) is 0 Å². The van der Waals surface area contributed by atoms with Gasteiger partial charge >= 0.3 is 7.32 Å². The van der Waals surface area contributed by atoms with Crippen molar-refractivity contribution in [3.63, 3.8) is 0 Å². The van der Waals surface area contributed by atoms with E-state index in [1.807, 2.05) is 0 Å². The van der Waals surface area contributed by atoms with Crippen LogP contribution in [0.5, 0.6) is 17.2 Å². The average Bonchev–Trinajstić information content (AvgIpc) is 3.48. The fourth-order valence-electron chi connectivity index (χ4n) is 5.63. The molecule has 49 heavy (non-hydrogen) atoms. The van der Waals surface area contributed by atoms with E-state index in [1.165, 1.54) is 12.1 Å². The van der Waals surface area contributed by atoms with Crippen LogP contribution >= 0.6 is 0 Å². The lowest BCUT2D eigenvalue weighted by atomic mass is 10.0. The van der Waals surface area contributed by atoms with Gasteiger partial charge in [-0.3, -0.25) is 0 Å². The first-order chi connectivity index (χ1) is 23.3. The van der Waals surface area contributed by atoms with Crippen LogP contribution in [0.1, 0.15) is 11.1 Å². The molecular weight excluding hydrogens is 683 g/mol. The molecule has 0 bridgehead atoms. The summed E-state index contributed by atoms with van der Waals surface area (Å²) in [6, 6.07) is 7.06. The Labute approximate surface area is 266 Å². The molecule has 1 aliphatic rings. The van der Waals surface area contributed by atoms with Crippen LogP contribution < -0.4 is 14.0 Å². The van der Waals surface area contributed by atoms with Crippen molar-refractivity contribution in [2.45, 2.75) is 6.42 Å². The molecule has 248 valence electrons. The molecule has 0 atom stereocenters. The van der Waals surface area contributed by atoms with Gasteiger partial charge in [-0.15, -0.1) is 0 Å². The van der Waals surface area contributed by atoms with E-state index in [0.717, 1.165) is 18.2 Å². The summed E-state index contributed by atoms with van der Waals surface area (Å²) < 4.78 is 193. The molecule has 0 amide bonds. The summed E-state index contributed by atoms with van der Waals surface area (Å²) in [5.41, 5.74) is -1.90. The molecule has 7 rings (SSSR count). The zero-order valence-corrected chi connectivity index (χ0v) is 23.7. The fourth-order valence-corrected chi connectivity index (χ4v) is 5.63. The van der Waals surface area contributed by atoms with Crippen molar-refractivity contribution in [2.24, 2.45) is 0 Å². The van der Waals surface area contributed by atoms with Crippen molar-refractivity contribution < 1.29 is 66.6 Å². The maximum Gasteiger partial charge on any atom is 0.864 e. The molecule has 0 radical (unpaired) electrons. The number of fused-ring (bicyclic) bond motifs is 5. The van der Waals surface area contributed by atoms with Crippen molar-refractivity contribution in [3.05, 3.63) is 136 Å². The van der Waals surface area contributed by atoms with Gasteiger partial charge in [-0.1, -0.05) is 18.2 Å². The van der Waals surface area contributed by atoms with Crippen LogP contribution in [0.25, 0.3) is 32.7 Å². The highest BCUT2D eigenvalue weighted by atomic mass is 19.2. The Morgan fingerprint density at radius 3 is 1.80 bits per heavy atom. The molecule has 0 aliphatic heterocycles. The van der Waals surface area contributed by atoms with Gasteiger partial charge in [0.15, 0.2) is 58.0 Å². The molecular formula is C33H11BF12O3. The number of hydrogen-bond donors (Lipinski definition) is 0. The van der Waals surface area contributed by atoms with Gasteiger partial charge in [-0.25, -0.2) is 39.5 Å². The molecule has 3 nitrogen and oxygen atoms in total. The van der Waals surface area contributed by atoms with E-state index < -0.39 is 134 Å². The second-order valence-electron chi connectivity index (χ2n) is 10.6. The summed E-state index contributed by atoms with van der Waals surface area (Å²) >= 11 is 0. The largest absolute Gasteiger partial charge is 0.864 e. The molecule has 16 heteroatoms. The van der Waals surface area contributed by atoms with Gasteiger partial charge in [0.1, 0.15) is 11.6 Å². The van der Waals surface area contributed by atoms with Crippen molar-refractivity contribution >= 4 is 28.9 Å². The lowest BCUT2D eigenvalue weighted by Crippen LogP contribution is -2.39. The standard InChI is InChI=1S/C33H11BF12O3/c35-17-3-1-2-12-9-16-22(21(12)17)26(42)28(44)30(46)32(16)48-34(49-33-20(38)7-6-19(37)25(33)41)47-31-15-8-11-4-5-18(36)23(39)13(11)10-14(15)24(40)27(43)29(31)45/h1-8,10H,9H2. The summed E-state index contributed by atoms with van der Waals surface area (Å²) in [5, 5.41) is -2.51. The molecule has 0 saturated carbocycles. The minimum absolute atomic E-state index is 0.0116. The van der Waals surface area contributed by atoms with E-state index in [-0.39, 0.29) is 10.9 Å². The predicted octanol–water partition coefficient (Wildman–Crippen LogP) is 9.76. The van der Waals surface area contributed by atoms with Gasteiger partial charge in [-0.2, -0.15) is 13.2 Å². The van der Waals surface area contributed by atoms with Crippen LogP contribution in [0, 0.1) is 69.8 Å². The molecule has 0 aromatic heterocycles. The highest BCUT2D eigenvalue weighted by Gasteiger charge is 2.41. The monoisotopic (exact) mass is 694 g/mol. The third-order valence-corrected chi connectivity index (χ3v) is 7.85. The van der Waals surface area contributed by atoms with Crippen molar-refractivity contribution in [2.75, 3.05) is 0 Å². The Hall–Kier alpha value is -5.54. The van der Waals surface area contributed by atoms with Crippen LogP contribution in [0.3, 0.4) is 0 Å². The van der Waals surface area contributed by atoms with Gasteiger partial charge < -0.3 is 14.0 Å². The van der Waals surface area contributed by atoms with E-state index >= 15 is 13.2 Å². The lowest BCUT2D eigenvalue weighted by molar-refractivity contribution is 0.273. The SMILES string of the molecule is Fc1ccc(F)c(OB(Oc2c(F)c(F)c(F)c3c2Cc2cccc(F)c2-3)Oc2c(F)c(F)c(F)c3cc4c(F)c(F)ccc4cc23)c1F. The van der Waals surface area contributed by atoms with Crippen LogP contribution in [0.15, 0.2) is 54.6 Å². The molecule has 0 N–H and O–H groups in total. The first kappa shape index (κ1) is 32.0. The van der Waals surface area contributed by atoms with Crippen LogP contribution in [-0.4, -0.2) is 7.32 Å². The third kappa shape index (κ3) is 4.95. The molecule has 0 unspecified atom stereocenters. The zero-order valence-electron chi connectivity index (χ0n) is 23.7. The first-order valence-electron chi connectivity index (χ1n) is 13.8. The predicted molar refractivity (Wildman–Crippen MR) is 150 cm³/mol. The maximum absolute atomic E-state index is 15.4. The minimum Gasteiger partial charge on any atom is -0.486 e. The van der Waals surface area contributed by atoms with Crippen LogP contribution in [0.4, 0.5) is 52.7 Å². The van der Waals surface area contributed by atoms with Crippen molar-refractivity contribution in [1.29, 1.82) is 0 Å². The summed E-state index contributed by atoms with van der Waals surface area (Å²) in [5.74, 6) is -26.2. The molecule has 0 fully saturated rings. The molecule has 1 aliphatic carbocycles. The fraction of sp³-hybridized carbons (Fsp3) is 0.0303. The zero-order chi connectivity index (χ0) is 35.0. The van der Waals surface area contributed by atoms with E-state index in [2.05, 4.69) is 0 Å². The first-order valence-corrected chi connectivity index (χ1v) is 13.8. The number of hydrogen-bond acceptors (Lipinski definition) is 3. The summed E-state index contributed by atoms with van der Waals surface area (Å²) in [4.78, 5) is 0. The maximum atomic E-state index is 15.4. The second kappa shape index (κ2) is 11.6. The second-order valence-corrected chi connectivity index (χ2v) is 10.6. The van der Waals surface area contributed by atoms with Crippen molar-refractivity contribution in [3.8, 4) is 28.4 Å². The Morgan fingerprint density at radius 1 is 0.429 bits per heavy atom. The molecule has 0 saturated heterocycles. The van der Waals surface area contributed by atoms with Crippen molar-refractivity contribution in [1.82, 2.24) is 0 Å². The smallest absolute Gasteiger partial charge is 0.486 e. The van der Waals surface area contributed by atoms with Gasteiger partial charge in [0.25, 0.3) is 0 Å². The third-order valence-electron chi connectivity index (χ3n) is 7.85. The van der Waals surface area contributed by atoms with E-state index in [0.29, 0.717) is 24.3 Å². The molecule has 6 aromatic rings. The minimum atomic E-state index is -2.97. The quantitative estimate of drug-likeness (QED) is 0.0571. The lowest BCUT2D eigenvalue weighted by Gasteiger charge is -2.21. The van der Waals surface area contributed by atoms with Gasteiger partial charge in [-0.05, 0) is 47.3 Å². The van der Waals surface area contributed by atoms with Crippen LogP contribution in [-0.2, 0) is 6.42 Å². The topological polar surface area (TPSA) is 27.7 Å². The van der Waals surface area contributed by atoms with E-state index in [9.17, 15) is 39.5 Å². The summed E-state index contributed by atoms with van der Waals surface area (Å²) in [7, 11) is -2.97. The number of halogens is 12. The Kier molecular flexibility index (Phi) is 7.56. The average molecular weight is 694 g/mol.